The van der Waals surface area contributed by atoms with Gasteiger partial charge in [0.2, 0.25) is 10.1 Å². The minimum Gasteiger partial charge on any atom is -0.396 e. The number of ether oxygens (including phenoxy) is 2. The van der Waals surface area contributed by atoms with Crippen molar-refractivity contribution in [3.63, 3.8) is 0 Å². The van der Waals surface area contributed by atoms with Crippen LogP contribution >= 0.6 is 0 Å². The highest BCUT2D eigenvalue weighted by Crippen LogP contribution is 2.08. The first kappa shape index (κ1) is 9.94. The summed E-state index contributed by atoms with van der Waals surface area (Å²) in [6.45, 7) is 4.69. The van der Waals surface area contributed by atoms with E-state index in [0.29, 0.717) is 16.2 Å². The van der Waals surface area contributed by atoms with E-state index in [-0.39, 0.29) is 0 Å². The van der Waals surface area contributed by atoms with E-state index in [9.17, 15) is 0 Å². The van der Waals surface area contributed by atoms with Crippen molar-refractivity contribution in [3.8, 4) is 0 Å². The fraction of sp³-hybridized carbons (Fsp3) is 1.00. The third kappa shape index (κ3) is 6.06. The molecule has 0 N–H and O–H groups in total. The Labute approximate surface area is 64.2 Å². The van der Waals surface area contributed by atoms with Crippen molar-refractivity contribution >= 4 is 10.1 Å². The molecule has 10 heavy (non-hydrogen) atoms. The lowest BCUT2D eigenvalue weighted by molar-refractivity contribution is 0.117. The van der Waals surface area contributed by atoms with Crippen LogP contribution in [0.25, 0.3) is 0 Å². The highest BCUT2D eigenvalue weighted by atomic mass is 28.1. The van der Waals surface area contributed by atoms with E-state index >= 15 is 0 Å². The predicted octanol–water partition coefficient (Wildman–Crippen LogP) is -0.223. The Morgan fingerprint density at radius 2 is 2.30 bits per heavy atom. The van der Waals surface area contributed by atoms with Gasteiger partial charge in [0.05, 0.1) is 13.2 Å². The van der Waals surface area contributed by atoms with Crippen molar-refractivity contribution in [2.45, 2.75) is 19.4 Å². The average Bonchev–Trinajstić information content (AvgIpc) is 2.77. The van der Waals surface area contributed by atoms with Crippen LogP contribution in [-0.4, -0.2) is 36.1 Å². The van der Waals surface area contributed by atoms with E-state index in [1.54, 1.807) is 0 Å². The molecule has 60 valence electrons. The van der Waals surface area contributed by atoms with Gasteiger partial charge in [-0.25, -0.2) is 0 Å². The molecule has 0 aromatic rings. The van der Waals surface area contributed by atoms with Crippen LogP contribution in [0, 0.1) is 0 Å². The number of epoxide rings is 1. The maximum Gasteiger partial charge on any atom is 0.245 e. The summed E-state index contributed by atoms with van der Waals surface area (Å²) >= 11 is 0. The number of rotatable bonds is 4. The molecule has 1 heterocycles. The average molecular weight is 162 g/mol. The molecule has 0 spiro atoms. The molecule has 1 fully saturated rings. The van der Waals surface area contributed by atoms with Crippen LogP contribution in [0.5, 0.6) is 0 Å². The van der Waals surface area contributed by atoms with Gasteiger partial charge in [-0.2, -0.15) is 0 Å². The summed E-state index contributed by atoms with van der Waals surface area (Å²) < 4.78 is 18.4. The third-order valence-corrected chi connectivity index (χ3v) is 1.05. The minimum absolute atomic E-state index is 0.432. The molecule has 0 saturated carbocycles. The van der Waals surface area contributed by atoms with Crippen molar-refractivity contribution in [2.75, 3.05) is 19.8 Å². The Morgan fingerprint density at radius 1 is 1.70 bits per heavy atom. The lowest BCUT2D eigenvalue weighted by Gasteiger charge is -1.95. The molecule has 0 aromatic heterocycles. The van der Waals surface area contributed by atoms with Gasteiger partial charge in [-0.1, -0.05) is 6.92 Å². The topological polar surface area (TPSA) is 38.8 Å². The maximum absolute atomic E-state index is 8.28. The zero-order chi connectivity index (χ0) is 7.82. The molecule has 1 aliphatic rings. The van der Waals surface area contributed by atoms with E-state index in [0.717, 1.165) is 26.2 Å². The first-order chi connectivity index (χ1) is 4.93. The second-order valence-corrected chi connectivity index (χ2v) is 2.03. The normalized spacial score (nSPS) is 21.1. The van der Waals surface area contributed by atoms with Crippen LogP contribution in [0.3, 0.4) is 0 Å². The molecule has 1 unspecified atom stereocenters. The monoisotopic (exact) mass is 162 g/mol. The zero-order valence-electron chi connectivity index (χ0n) is 6.34. The molecule has 3 nitrogen and oxygen atoms in total. The Kier molecular flexibility index (Phi) is 7.00. The van der Waals surface area contributed by atoms with Gasteiger partial charge in [-0.05, 0) is 6.42 Å². The molecule has 0 aromatic carbocycles. The van der Waals surface area contributed by atoms with Gasteiger partial charge in [0, 0.05) is 6.61 Å². The summed E-state index contributed by atoms with van der Waals surface area (Å²) in [4.78, 5) is 0. The first-order valence-corrected chi connectivity index (χ1v) is 3.99. The van der Waals surface area contributed by atoms with Crippen LogP contribution in [0.15, 0.2) is 0 Å². The van der Waals surface area contributed by atoms with E-state index in [1.165, 1.54) is 0 Å². The largest absolute Gasteiger partial charge is 0.396 e. The van der Waals surface area contributed by atoms with Crippen LogP contribution in [0.2, 0.25) is 0 Å². The van der Waals surface area contributed by atoms with Gasteiger partial charge >= 0.3 is 0 Å². The lowest BCUT2D eigenvalue weighted by atomic mass is 10.5. The first-order valence-electron chi connectivity index (χ1n) is 3.41. The van der Waals surface area contributed by atoms with Crippen LogP contribution in [0.1, 0.15) is 13.3 Å². The van der Waals surface area contributed by atoms with Crippen molar-refractivity contribution in [3.05, 3.63) is 0 Å². The summed E-state index contributed by atoms with van der Waals surface area (Å²) in [5.74, 6) is 0. The number of hydrogen-bond donors (Lipinski definition) is 0. The number of hydrogen-bond acceptors (Lipinski definition) is 3. The van der Waals surface area contributed by atoms with Gasteiger partial charge in [-0.3, -0.25) is 0 Å². The van der Waals surface area contributed by atoms with Gasteiger partial charge < -0.3 is 13.9 Å². The molecular weight excluding hydrogens is 148 g/mol. The SMILES string of the molecule is CCCOCC1CO1.O=[SiH2]. The summed E-state index contributed by atoms with van der Waals surface area (Å²) in [5, 5.41) is 0. The van der Waals surface area contributed by atoms with Crippen molar-refractivity contribution in [2.24, 2.45) is 0 Å². The fourth-order valence-electron chi connectivity index (χ4n) is 0.523. The van der Waals surface area contributed by atoms with E-state index in [4.69, 9.17) is 13.9 Å². The molecule has 1 atom stereocenters. The molecule has 4 heteroatoms. The smallest absolute Gasteiger partial charge is 0.245 e. The van der Waals surface area contributed by atoms with E-state index < -0.39 is 0 Å². The molecule has 0 amide bonds. The molecular formula is C6H14O3Si. The van der Waals surface area contributed by atoms with Gasteiger partial charge in [0.25, 0.3) is 0 Å². The Hall–Kier alpha value is -0.0631. The summed E-state index contributed by atoms with van der Waals surface area (Å²) in [6, 6.07) is 0. The van der Waals surface area contributed by atoms with Crippen molar-refractivity contribution < 1.29 is 13.9 Å². The van der Waals surface area contributed by atoms with Crippen molar-refractivity contribution in [1.82, 2.24) is 0 Å². The van der Waals surface area contributed by atoms with E-state index in [2.05, 4.69) is 6.92 Å². The molecule has 0 radical (unpaired) electrons. The Morgan fingerprint density at radius 3 is 2.70 bits per heavy atom. The van der Waals surface area contributed by atoms with Gasteiger partial charge in [0.1, 0.15) is 6.10 Å². The second kappa shape index (κ2) is 7.05. The third-order valence-electron chi connectivity index (χ3n) is 1.05. The van der Waals surface area contributed by atoms with Gasteiger partial charge in [0.15, 0.2) is 0 Å². The second-order valence-electron chi connectivity index (χ2n) is 2.03. The summed E-state index contributed by atoms with van der Waals surface area (Å²) in [6.07, 6.45) is 1.54. The predicted molar refractivity (Wildman–Crippen MR) is 40.1 cm³/mol. The highest BCUT2D eigenvalue weighted by molar-refractivity contribution is 5.85. The fourth-order valence-corrected chi connectivity index (χ4v) is 0.523. The molecule has 0 bridgehead atoms. The minimum atomic E-state index is 0.432. The quantitative estimate of drug-likeness (QED) is 0.326. The van der Waals surface area contributed by atoms with Crippen molar-refractivity contribution in [1.29, 1.82) is 0 Å². The van der Waals surface area contributed by atoms with E-state index in [1.807, 2.05) is 0 Å². The van der Waals surface area contributed by atoms with Crippen LogP contribution in [-0.2, 0) is 13.9 Å². The molecule has 1 rings (SSSR count). The standard InChI is InChI=1S/C6H12O2.H2OSi/c1-2-3-7-4-6-5-8-6;1-2/h6H,2-5H2,1H3;2H2. The van der Waals surface area contributed by atoms with Gasteiger partial charge in [-0.15, -0.1) is 0 Å². The zero-order valence-corrected chi connectivity index (χ0v) is 7.75. The maximum atomic E-state index is 8.28. The highest BCUT2D eigenvalue weighted by Gasteiger charge is 2.21. The lowest BCUT2D eigenvalue weighted by Crippen LogP contribution is -2.01. The molecule has 1 aliphatic heterocycles. The summed E-state index contributed by atoms with van der Waals surface area (Å²) in [7, 11) is 0.611. The van der Waals surface area contributed by atoms with Crippen LogP contribution < -0.4 is 0 Å². The van der Waals surface area contributed by atoms with Crippen LogP contribution in [0.4, 0.5) is 0 Å². The Bertz CT molecular complexity index is 75.4. The molecule has 1 saturated heterocycles. The summed E-state index contributed by atoms with van der Waals surface area (Å²) in [5.41, 5.74) is 0. The Balaban J connectivity index is 0.000000371. The molecule has 0 aliphatic carbocycles.